The molecule has 1 N–H and O–H groups in total. The number of thiazole rings is 1. The summed E-state index contributed by atoms with van der Waals surface area (Å²) in [4.78, 5) is 13.3. The standard InChI is InChI=1S/C18H25N3O3S/c1-12(2)16(24-11-13-7-6-10-23-13)17(22)19-20-18-21(3)14-8-4-5-9-15(14)25-18/h4-5,8-9,12-13,16H,6-7,10-11H2,1-3H3,(H,19,22)/b20-18+. The fourth-order valence-electron chi connectivity index (χ4n) is 2.91. The smallest absolute Gasteiger partial charge is 0.269 e. The van der Waals surface area contributed by atoms with Crippen molar-refractivity contribution in [3.63, 3.8) is 0 Å². The molecule has 2 atom stereocenters. The SMILES string of the molecule is CC(C)C(OCC1CCCO1)C(=O)N/N=c1/sc2ccccc2n1C. The van der Waals surface area contributed by atoms with Crippen molar-refractivity contribution in [3.05, 3.63) is 29.1 Å². The Labute approximate surface area is 151 Å². The van der Waals surface area contributed by atoms with Crippen LogP contribution in [0.5, 0.6) is 0 Å². The van der Waals surface area contributed by atoms with Crippen LogP contribution in [0.15, 0.2) is 29.4 Å². The highest BCUT2D eigenvalue weighted by molar-refractivity contribution is 7.16. The minimum Gasteiger partial charge on any atom is -0.376 e. The van der Waals surface area contributed by atoms with Gasteiger partial charge in [0.25, 0.3) is 5.91 Å². The van der Waals surface area contributed by atoms with Crippen molar-refractivity contribution in [2.24, 2.45) is 18.1 Å². The molecule has 1 saturated heterocycles. The third kappa shape index (κ3) is 4.29. The lowest BCUT2D eigenvalue weighted by molar-refractivity contribution is -0.138. The maximum absolute atomic E-state index is 12.5. The normalized spacial score (nSPS) is 19.7. The zero-order chi connectivity index (χ0) is 17.8. The minimum atomic E-state index is -0.535. The van der Waals surface area contributed by atoms with Crippen molar-refractivity contribution in [3.8, 4) is 0 Å². The van der Waals surface area contributed by atoms with E-state index in [0.29, 0.717) is 6.61 Å². The Hall–Kier alpha value is -1.70. The van der Waals surface area contributed by atoms with Crippen LogP contribution in [-0.4, -0.2) is 35.9 Å². The second-order valence-electron chi connectivity index (χ2n) is 6.63. The summed E-state index contributed by atoms with van der Waals surface area (Å²) >= 11 is 1.54. The number of ether oxygens (including phenoxy) is 2. The Morgan fingerprint density at radius 1 is 1.48 bits per heavy atom. The van der Waals surface area contributed by atoms with Crippen molar-refractivity contribution in [1.82, 2.24) is 9.99 Å². The number of aromatic nitrogens is 1. The van der Waals surface area contributed by atoms with Gasteiger partial charge in [-0.15, -0.1) is 5.10 Å². The minimum absolute atomic E-state index is 0.0627. The van der Waals surface area contributed by atoms with Gasteiger partial charge in [-0.2, -0.15) is 0 Å². The molecule has 1 aliphatic heterocycles. The van der Waals surface area contributed by atoms with Gasteiger partial charge in [-0.1, -0.05) is 37.3 Å². The molecule has 0 radical (unpaired) electrons. The predicted octanol–water partition coefficient (Wildman–Crippen LogP) is 2.39. The molecule has 0 bridgehead atoms. The number of carbonyl (C=O) groups is 1. The first kappa shape index (κ1) is 18.1. The van der Waals surface area contributed by atoms with Crippen molar-refractivity contribution >= 4 is 27.5 Å². The van der Waals surface area contributed by atoms with Gasteiger partial charge in [0.05, 0.1) is 22.9 Å². The Balaban J connectivity index is 1.68. The Morgan fingerprint density at radius 3 is 2.96 bits per heavy atom. The molecule has 1 aliphatic rings. The highest BCUT2D eigenvalue weighted by atomic mass is 32.1. The number of nitrogens with zero attached hydrogens (tertiary/aromatic N) is 2. The number of aryl methyl sites for hydroxylation is 1. The molecule has 1 aromatic heterocycles. The van der Waals surface area contributed by atoms with Gasteiger partial charge in [0, 0.05) is 13.7 Å². The number of hydrogen-bond acceptors (Lipinski definition) is 5. The third-order valence-corrected chi connectivity index (χ3v) is 5.44. The van der Waals surface area contributed by atoms with Gasteiger partial charge in [0.2, 0.25) is 4.80 Å². The number of rotatable bonds is 6. The molecule has 1 amide bonds. The van der Waals surface area contributed by atoms with Crippen molar-refractivity contribution in [2.75, 3.05) is 13.2 Å². The number of nitrogens with one attached hydrogen (secondary N) is 1. The number of benzene rings is 1. The maximum Gasteiger partial charge on any atom is 0.269 e. The molecule has 1 aromatic carbocycles. The topological polar surface area (TPSA) is 64.8 Å². The second kappa shape index (κ2) is 8.12. The lowest BCUT2D eigenvalue weighted by atomic mass is 10.1. The molecule has 0 saturated carbocycles. The molecule has 3 rings (SSSR count). The van der Waals surface area contributed by atoms with Crippen LogP contribution < -0.4 is 10.2 Å². The highest BCUT2D eigenvalue weighted by Crippen LogP contribution is 2.16. The molecule has 7 heteroatoms. The van der Waals surface area contributed by atoms with E-state index >= 15 is 0 Å². The van der Waals surface area contributed by atoms with Gasteiger partial charge in [-0.3, -0.25) is 4.79 Å². The van der Waals surface area contributed by atoms with Gasteiger partial charge >= 0.3 is 0 Å². The van der Waals surface area contributed by atoms with Crippen molar-refractivity contribution in [2.45, 2.75) is 38.9 Å². The fourth-order valence-corrected chi connectivity index (χ4v) is 3.89. The Morgan fingerprint density at radius 2 is 2.28 bits per heavy atom. The molecule has 136 valence electrons. The van der Waals surface area contributed by atoms with Crippen LogP contribution in [0.4, 0.5) is 0 Å². The molecule has 0 aliphatic carbocycles. The van der Waals surface area contributed by atoms with E-state index in [2.05, 4.69) is 10.5 Å². The van der Waals surface area contributed by atoms with E-state index in [0.717, 1.165) is 34.5 Å². The first-order chi connectivity index (χ1) is 12.1. The van der Waals surface area contributed by atoms with Crippen molar-refractivity contribution < 1.29 is 14.3 Å². The van der Waals surface area contributed by atoms with E-state index in [1.54, 1.807) is 11.3 Å². The van der Waals surface area contributed by atoms with E-state index in [1.807, 2.05) is 49.7 Å². The fraction of sp³-hybridized carbons (Fsp3) is 0.556. The molecule has 2 heterocycles. The summed E-state index contributed by atoms with van der Waals surface area (Å²) in [5.41, 5.74) is 3.76. The number of fused-ring (bicyclic) bond motifs is 1. The quantitative estimate of drug-likeness (QED) is 0.802. The maximum atomic E-state index is 12.5. The van der Waals surface area contributed by atoms with Crippen LogP contribution in [0.1, 0.15) is 26.7 Å². The van der Waals surface area contributed by atoms with Gasteiger partial charge in [-0.25, -0.2) is 5.43 Å². The van der Waals surface area contributed by atoms with Crippen LogP contribution in [0, 0.1) is 5.92 Å². The van der Waals surface area contributed by atoms with Crippen LogP contribution >= 0.6 is 11.3 Å². The van der Waals surface area contributed by atoms with E-state index in [-0.39, 0.29) is 17.9 Å². The number of carbonyl (C=O) groups excluding carboxylic acids is 1. The van der Waals surface area contributed by atoms with E-state index < -0.39 is 6.10 Å². The molecule has 0 spiro atoms. The molecule has 2 aromatic rings. The molecule has 1 fully saturated rings. The molecule has 2 unspecified atom stereocenters. The van der Waals surface area contributed by atoms with Crippen molar-refractivity contribution in [1.29, 1.82) is 0 Å². The molecule has 25 heavy (non-hydrogen) atoms. The number of amides is 1. The largest absolute Gasteiger partial charge is 0.376 e. The summed E-state index contributed by atoms with van der Waals surface area (Å²) in [6, 6.07) is 8.07. The van der Waals surface area contributed by atoms with Gasteiger partial charge in [-0.05, 0) is 30.9 Å². The van der Waals surface area contributed by atoms with Crippen LogP contribution in [-0.2, 0) is 21.3 Å². The van der Waals surface area contributed by atoms with Crippen LogP contribution in [0.25, 0.3) is 10.2 Å². The zero-order valence-electron chi connectivity index (χ0n) is 14.9. The summed E-state index contributed by atoms with van der Waals surface area (Å²) in [5.74, 6) is -0.154. The van der Waals surface area contributed by atoms with E-state index in [4.69, 9.17) is 9.47 Å². The predicted molar refractivity (Wildman–Crippen MR) is 98.1 cm³/mol. The van der Waals surface area contributed by atoms with Crippen LogP contribution in [0.3, 0.4) is 0 Å². The lowest BCUT2D eigenvalue weighted by Crippen LogP contribution is -2.40. The van der Waals surface area contributed by atoms with Crippen LogP contribution in [0.2, 0.25) is 0 Å². The number of hydrogen-bond donors (Lipinski definition) is 1. The molecular formula is C18H25N3O3S. The lowest BCUT2D eigenvalue weighted by Gasteiger charge is -2.21. The first-order valence-electron chi connectivity index (χ1n) is 8.67. The monoisotopic (exact) mass is 363 g/mol. The summed E-state index contributed by atoms with van der Waals surface area (Å²) in [7, 11) is 1.94. The van der Waals surface area contributed by atoms with Gasteiger partial charge < -0.3 is 14.0 Å². The average molecular weight is 363 g/mol. The first-order valence-corrected chi connectivity index (χ1v) is 9.49. The highest BCUT2D eigenvalue weighted by Gasteiger charge is 2.25. The second-order valence-corrected chi connectivity index (χ2v) is 7.64. The average Bonchev–Trinajstić information content (AvgIpc) is 3.21. The van der Waals surface area contributed by atoms with Gasteiger partial charge in [0.15, 0.2) is 0 Å². The third-order valence-electron chi connectivity index (χ3n) is 4.33. The molecule has 6 nitrogen and oxygen atoms in total. The molecular weight excluding hydrogens is 338 g/mol. The number of para-hydroxylation sites is 1. The summed E-state index contributed by atoms with van der Waals surface area (Å²) in [6.45, 7) is 5.18. The van der Waals surface area contributed by atoms with Gasteiger partial charge in [0.1, 0.15) is 6.10 Å². The summed E-state index contributed by atoms with van der Waals surface area (Å²) in [5, 5.41) is 4.30. The summed E-state index contributed by atoms with van der Waals surface area (Å²) < 4.78 is 14.5. The van der Waals surface area contributed by atoms with E-state index in [1.165, 1.54) is 0 Å². The summed E-state index contributed by atoms with van der Waals surface area (Å²) in [6.07, 6.45) is 1.62. The Kier molecular flexibility index (Phi) is 5.88. The zero-order valence-corrected chi connectivity index (χ0v) is 15.7. The Bertz CT molecular complexity index is 790. The van der Waals surface area contributed by atoms with E-state index in [9.17, 15) is 4.79 Å².